The summed E-state index contributed by atoms with van der Waals surface area (Å²) in [5, 5.41) is 11.8. The van der Waals surface area contributed by atoms with E-state index in [1.54, 1.807) is 6.20 Å². The van der Waals surface area contributed by atoms with Crippen molar-refractivity contribution in [2.75, 3.05) is 25.5 Å². The van der Waals surface area contributed by atoms with E-state index in [4.69, 9.17) is 9.47 Å². The number of H-pyrrole nitrogens is 1. The predicted molar refractivity (Wildman–Crippen MR) is 116 cm³/mol. The summed E-state index contributed by atoms with van der Waals surface area (Å²) >= 11 is 0. The second-order valence-corrected chi connectivity index (χ2v) is 7.49. The zero-order valence-corrected chi connectivity index (χ0v) is 16.7. The Labute approximate surface area is 174 Å². The molecule has 2 aromatic heterocycles. The van der Waals surface area contributed by atoms with Crippen LogP contribution < -0.4 is 14.8 Å². The van der Waals surface area contributed by atoms with Gasteiger partial charge in [-0.1, -0.05) is 18.2 Å². The van der Waals surface area contributed by atoms with Gasteiger partial charge in [-0.15, -0.1) is 0 Å². The fourth-order valence-corrected chi connectivity index (χ4v) is 3.69. The van der Waals surface area contributed by atoms with E-state index in [1.165, 1.54) is 0 Å². The number of fused-ring (bicyclic) bond motifs is 1. The molecule has 152 valence electrons. The van der Waals surface area contributed by atoms with Gasteiger partial charge in [-0.2, -0.15) is 5.10 Å². The van der Waals surface area contributed by atoms with E-state index < -0.39 is 0 Å². The number of anilines is 1. The molecule has 1 atom stereocenters. The van der Waals surface area contributed by atoms with Gasteiger partial charge in [0, 0.05) is 24.8 Å². The van der Waals surface area contributed by atoms with Crippen LogP contribution in [0.4, 0.5) is 5.82 Å². The highest BCUT2D eigenvalue weighted by Gasteiger charge is 2.22. The fourth-order valence-electron chi connectivity index (χ4n) is 3.69. The van der Waals surface area contributed by atoms with Crippen molar-refractivity contribution >= 4 is 16.9 Å². The van der Waals surface area contributed by atoms with Crippen LogP contribution in [-0.4, -0.2) is 46.3 Å². The highest BCUT2D eigenvalue weighted by Crippen LogP contribution is 2.34. The number of likely N-dealkylation sites (tertiary alicyclic amines) is 1. The molecule has 0 amide bonds. The summed E-state index contributed by atoms with van der Waals surface area (Å²) < 4.78 is 12.0. The summed E-state index contributed by atoms with van der Waals surface area (Å²) in [6, 6.07) is 19.5. The second-order valence-electron chi connectivity index (χ2n) is 7.49. The molecule has 0 unspecified atom stereocenters. The molecule has 0 aliphatic carbocycles. The lowest BCUT2D eigenvalue weighted by atomic mass is 10.2. The van der Waals surface area contributed by atoms with Crippen LogP contribution in [0.3, 0.4) is 0 Å². The van der Waals surface area contributed by atoms with Crippen molar-refractivity contribution in [1.82, 2.24) is 20.1 Å². The van der Waals surface area contributed by atoms with Crippen LogP contribution in [0.1, 0.15) is 6.42 Å². The number of hydrogen-bond donors (Lipinski definition) is 2. The van der Waals surface area contributed by atoms with Gasteiger partial charge in [0.2, 0.25) is 0 Å². The van der Waals surface area contributed by atoms with E-state index >= 15 is 0 Å². The van der Waals surface area contributed by atoms with Gasteiger partial charge in [0.1, 0.15) is 28.4 Å². The molecule has 0 spiro atoms. The highest BCUT2D eigenvalue weighted by atomic mass is 16.5. The zero-order valence-electron chi connectivity index (χ0n) is 16.7. The minimum atomic E-state index is 0.365. The molecule has 0 saturated carbocycles. The maximum Gasteiger partial charge on any atom is 0.161 e. The number of pyridine rings is 1. The average Bonchev–Trinajstić information content (AvgIpc) is 3.37. The Kier molecular flexibility index (Phi) is 4.94. The lowest BCUT2D eigenvalue weighted by Crippen LogP contribution is -2.23. The van der Waals surface area contributed by atoms with Crippen molar-refractivity contribution in [3.63, 3.8) is 0 Å². The van der Waals surface area contributed by atoms with Gasteiger partial charge >= 0.3 is 0 Å². The largest absolute Gasteiger partial charge is 0.457 e. The molecule has 1 fully saturated rings. The van der Waals surface area contributed by atoms with Crippen molar-refractivity contribution in [3.05, 3.63) is 66.9 Å². The minimum absolute atomic E-state index is 0.365. The Balaban J connectivity index is 1.35. The van der Waals surface area contributed by atoms with Crippen molar-refractivity contribution in [2.24, 2.45) is 0 Å². The summed E-state index contributed by atoms with van der Waals surface area (Å²) in [5.41, 5.74) is 0.699. The van der Waals surface area contributed by atoms with Crippen molar-refractivity contribution in [1.29, 1.82) is 0 Å². The quantitative estimate of drug-likeness (QED) is 0.489. The molecular formula is C23H23N5O2. The van der Waals surface area contributed by atoms with Gasteiger partial charge in [-0.05, 0) is 56.4 Å². The lowest BCUT2D eigenvalue weighted by Gasteiger charge is -2.13. The normalized spacial score (nSPS) is 16.6. The molecule has 30 heavy (non-hydrogen) atoms. The Hall–Kier alpha value is -3.58. The first-order valence-corrected chi connectivity index (χ1v) is 10.0. The third-order valence-corrected chi connectivity index (χ3v) is 5.19. The van der Waals surface area contributed by atoms with Crippen LogP contribution in [0.2, 0.25) is 0 Å². The molecule has 0 radical (unpaired) electrons. The number of likely N-dealkylation sites (N-methyl/N-ethyl adjacent to an activating group) is 1. The first-order valence-electron chi connectivity index (χ1n) is 10.0. The zero-order chi connectivity index (χ0) is 20.3. The van der Waals surface area contributed by atoms with Crippen LogP contribution in [0, 0.1) is 0 Å². The topological polar surface area (TPSA) is 75.3 Å². The first kappa shape index (κ1) is 18.4. The number of benzene rings is 2. The van der Waals surface area contributed by atoms with Crippen LogP contribution in [0.5, 0.6) is 23.0 Å². The van der Waals surface area contributed by atoms with Gasteiger partial charge in [0.25, 0.3) is 0 Å². The molecule has 0 bridgehead atoms. The van der Waals surface area contributed by atoms with E-state index in [0.29, 0.717) is 17.4 Å². The maximum atomic E-state index is 6.18. The minimum Gasteiger partial charge on any atom is -0.457 e. The maximum absolute atomic E-state index is 6.18. The first-order chi connectivity index (χ1) is 14.7. The number of para-hydroxylation sites is 1. The Morgan fingerprint density at radius 2 is 1.70 bits per heavy atom. The third kappa shape index (κ3) is 3.92. The number of ether oxygens (including phenoxy) is 2. The lowest BCUT2D eigenvalue weighted by molar-refractivity contribution is 0.414. The summed E-state index contributed by atoms with van der Waals surface area (Å²) in [6.45, 7) is 2.08. The predicted octanol–water partition coefficient (Wildman–Crippen LogP) is 4.66. The summed E-state index contributed by atoms with van der Waals surface area (Å²) in [6.07, 6.45) is 2.81. The molecule has 2 N–H and O–H groups in total. The van der Waals surface area contributed by atoms with Crippen molar-refractivity contribution in [3.8, 4) is 23.0 Å². The van der Waals surface area contributed by atoms with E-state index in [-0.39, 0.29) is 0 Å². The molecule has 3 heterocycles. The van der Waals surface area contributed by atoms with Gasteiger partial charge in [0.15, 0.2) is 11.5 Å². The van der Waals surface area contributed by atoms with Crippen LogP contribution in [0.15, 0.2) is 66.9 Å². The van der Waals surface area contributed by atoms with Crippen molar-refractivity contribution in [2.45, 2.75) is 12.5 Å². The molecule has 4 aromatic rings. The molecule has 7 heteroatoms. The molecule has 1 aliphatic heterocycles. The number of hydrogen-bond acceptors (Lipinski definition) is 6. The fraction of sp³-hybridized carbons (Fsp3) is 0.217. The molecule has 7 nitrogen and oxygen atoms in total. The summed E-state index contributed by atoms with van der Waals surface area (Å²) in [4.78, 5) is 6.69. The van der Waals surface area contributed by atoms with Crippen LogP contribution >= 0.6 is 0 Å². The molecular weight excluding hydrogens is 378 g/mol. The number of aromatic nitrogens is 3. The van der Waals surface area contributed by atoms with Crippen LogP contribution in [-0.2, 0) is 0 Å². The smallest absolute Gasteiger partial charge is 0.161 e. The third-order valence-electron chi connectivity index (χ3n) is 5.19. The number of nitrogens with one attached hydrogen (secondary N) is 2. The highest BCUT2D eigenvalue weighted by molar-refractivity contribution is 5.93. The Morgan fingerprint density at radius 3 is 2.43 bits per heavy atom. The average molecular weight is 401 g/mol. The van der Waals surface area contributed by atoms with Crippen molar-refractivity contribution < 1.29 is 9.47 Å². The van der Waals surface area contributed by atoms with Gasteiger partial charge < -0.3 is 19.7 Å². The van der Waals surface area contributed by atoms with Gasteiger partial charge in [0.05, 0.1) is 0 Å². The monoisotopic (exact) mass is 401 g/mol. The summed E-state index contributed by atoms with van der Waals surface area (Å²) in [5.74, 6) is 3.76. The number of aromatic amines is 1. The van der Waals surface area contributed by atoms with E-state index in [2.05, 4.69) is 32.4 Å². The molecule has 1 saturated heterocycles. The number of nitrogens with zero attached hydrogens (tertiary/aromatic N) is 3. The van der Waals surface area contributed by atoms with Gasteiger partial charge in [-0.25, -0.2) is 4.98 Å². The van der Waals surface area contributed by atoms with Crippen LogP contribution in [0.25, 0.3) is 11.0 Å². The van der Waals surface area contributed by atoms with Gasteiger partial charge in [-0.3, -0.25) is 5.10 Å². The molecule has 5 rings (SSSR count). The molecule has 1 aliphatic rings. The summed E-state index contributed by atoms with van der Waals surface area (Å²) in [7, 11) is 2.13. The van der Waals surface area contributed by atoms with E-state index in [1.807, 2.05) is 60.7 Å². The Bertz CT molecular complexity index is 1130. The SMILES string of the molecule is CN1CC[C@@H](Nc2n[nH]c3nccc(Oc4ccc(Oc5ccccc5)cc4)c23)C1. The number of rotatable bonds is 6. The molecule has 2 aromatic carbocycles. The van der Waals surface area contributed by atoms with E-state index in [0.717, 1.165) is 48.0 Å². The van der Waals surface area contributed by atoms with E-state index in [9.17, 15) is 0 Å². The second kappa shape index (κ2) is 8.04. The Morgan fingerprint density at radius 1 is 0.967 bits per heavy atom. The standard InChI is InChI=1S/C23H23N5O2/c1-28-14-12-16(15-28)25-23-21-20(11-13-24-22(21)26-27-23)30-19-9-7-18(8-10-19)29-17-5-3-2-4-6-17/h2-11,13,16H,12,14-15H2,1H3,(H2,24,25,26,27)/t16-/m1/s1.